The molecule has 1 atom stereocenters. The lowest BCUT2D eigenvalue weighted by atomic mass is 9.88. The van der Waals surface area contributed by atoms with E-state index in [0.29, 0.717) is 18.3 Å². The third-order valence-electron chi connectivity index (χ3n) is 2.60. The average molecular weight is 200 g/mol. The molecule has 1 amide bonds. The van der Waals surface area contributed by atoms with E-state index in [1.54, 1.807) is 0 Å². The molecule has 14 heavy (non-hydrogen) atoms. The molecule has 3 nitrogen and oxygen atoms in total. The van der Waals surface area contributed by atoms with Crippen molar-refractivity contribution in [3.8, 4) is 0 Å². The highest BCUT2D eigenvalue weighted by Gasteiger charge is 2.13. The summed E-state index contributed by atoms with van der Waals surface area (Å²) in [6.45, 7) is 7.77. The molecule has 0 aliphatic heterocycles. The van der Waals surface area contributed by atoms with Crippen molar-refractivity contribution in [3.05, 3.63) is 0 Å². The van der Waals surface area contributed by atoms with Crippen molar-refractivity contribution in [2.75, 3.05) is 13.1 Å². The molecule has 3 heteroatoms. The molecule has 0 radical (unpaired) electrons. The van der Waals surface area contributed by atoms with Gasteiger partial charge in [0.25, 0.3) is 0 Å². The highest BCUT2D eigenvalue weighted by Crippen LogP contribution is 2.20. The Balaban J connectivity index is 3.75. The number of carbonyl (C=O) groups is 1. The second kappa shape index (κ2) is 7.80. The van der Waals surface area contributed by atoms with Gasteiger partial charge < -0.3 is 11.1 Å². The Morgan fingerprint density at radius 3 is 2.43 bits per heavy atom. The number of nitrogens with two attached hydrogens (primary N) is 1. The van der Waals surface area contributed by atoms with Gasteiger partial charge in [0.05, 0.1) is 0 Å². The van der Waals surface area contributed by atoms with Crippen molar-refractivity contribution in [1.82, 2.24) is 5.32 Å². The number of hydrogen-bond acceptors (Lipinski definition) is 2. The predicted molar refractivity (Wildman–Crippen MR) is 59.9 cm³/mol. The van der Waals surface area contributed by atoms with Crippen LogP contribution in [0.25, 0.3) is 0 Å². The summed E-state index contributed by atoms with van der Waals surface area (Å²) >= 11 is 0. The Morgan fingerprint density at radius 1 is 1.36 bits per heavy atom. The van der Waals surface area contributed by atoms with Crippen LogP contribution in [0.1, 0.15) is 40.0 Å². The Bertz CT molecular complexity index is 157. The minimum Gasteiger partial charge on any atom is -0.356 e. The number of amides is 1. The molecular weight excluding hydrogens is 176 g/mol. The lowest BCUT2D eigenvalue weighted by molar-refractivity contribution is -0.121. The lowest BCUT2D eigenvalue weighted by Gasteiger charge is -2.19. The maximum Gasteiger partial charge on any atom is 0.219 e. The zero-order chi connectivity index (χ0) is 11.0. The van der Waals surface area contributed by atoms with E-state index >= 15 is 0 Å². The second-order valence-corrected chi connectivity index (χ2v) is 4.07. The summed E-state index contributed by atoms with van der Waals surface area (Å²) < 4.78 is 0. The molecule has 0 rings (SSSR count). The topological polar surface area (TPSA) is 55.1 Å². The summed E-state index contributed by atoms with van der Waals surface area (Å²) in [5.74, 6) is 1.37. The van der Waals surface area contributed by atoms with Crippen LogP contribution in [0, 0.1) is 11.8 Å². The van der Waals surface area contributed by atoms with Crippen LogP contribution >= 0.6 is 0 Å². The summed E-state index contributed by atoms with van der Waals surface area (Å²) in [7, 11) is 0. The minimum atomic E-state index is 0.162. The van der Waals surface area contributed by atoms with Crippen LogP contribution in [0.4, 0.5) is 0 Å². The highest BCUT2D eigenvalue weighted by molar-refractivity contribution is 5.75. The van der Waals surface area contributed by atoms with Gasteiger partial charge in [-0.25, -0.2) is 0 Å². The van der Waals surface area contributed by atoms with Gasteiger partial charge in [-0.3, -0.25) is 4.79 Å². The van der Waals surface area contributed by atoms with Crippen LogP contribution in [-0.4, -0.2) is 19.0 Å². The number of hydrogen-bond donors (Lipinski definition) is 2. The Morgan fingerprint density at radius 2 is 2.00 bits per heavy atom. The molecular formula is C11H24N2O. The van der Waals surface area contributed by atoms with Gasteiger partial charge in [0.1, 0.15) is 0 Å². The van der Waals surface area contributed by atoms with Crippen LogP contribution < -0.4 is 11.1 Å². The molecule has 84 valence electrons. The van der Waals surface area contributed by atoms with Crippen molar-refractivity contribution < 1.29 is 4.79 Å². The summed E-state index contributed by atoms with van der Waals surface area (Å²) in [5.41, 5.74) is 5.53. The molecule has 0 bridgehead atoms. The van der Waals surface area contributed by atoms with Crippen molar-refractivity contribution in [2.45, 2.75) is 40.0 Å². The largest absolute Gasteiger partial charge is 0.356 e. The van der Waals surface area contributed by atoms with Crippen LogP contribution in [0.5, 0.6) is 0 Å². The number of carbonyl (C=O) groups excluding carboxylic acids is 1. The van der Waals surface area contributed by atoms with Gasteiger partial charge >= 0.3 is 0 Å². The van der Waals surface area contributed by atoms with E-state index in [1.807, 2.05) is 6.92 Å². The Labute approximate surface area is 87.4 Å². The van der Waals surface area contributed by atoms with E-state index in [1.165, 1.54) is 0 Å². The van der Waals surface area contributed by atoms with E-state index in [9.17, 15) is 4.79 Å². The van der Waals surface area contributed by atoms with Gasteiger partial charge in [-0.15, -0.1) is 0 Å². The van der Waals surface area contributed by atoms with Gasteiger partial charge in [0.2, 0.25) is 5.91 Å². The summed E-state index contributed by atoms with van der Waals surface area (Å²) in [4.78, 5) is 11.2. The normalized spacial score (nSPS) is 12.9. The summed E-state index contributed by atoms with van der Waals surface area (Å²) in [6.07, 6.45) is 2.62. The van der Waals surface area contributed by atoms with Crippen molar-refractivity contribution >= 4 is 5.91 Å². The highest BCUT2D eigenvalue weighted by atomic mass is 16.1. The first-order valence-electron chi connectivity index (χ1n) is 5.58. The van der Waals surface area contributed by atoms with Crippen LogP contribution in [0.2, 0.25) is 0 Å². The maximum absolute atomic E-state index is 11.2. The predicted octanol–water partition coefficient (Wildman–Crippen LogP) is 1.52. The van der Waals surface area contributed by atoms with E-state index in [0.717, 1.165) is 25.9 Å². The van der Waals surface area contributed by atoms with Crippen molar-refractivity contribution in [3.63, 3.8) is 0 Å². The van der Waals surface area contributed by atoms with Crippen molar-refractivity contribution in [2.24, 2.45) is 17.6 Å². The smallest absolute Gasteiger partial charge is 0.219 e. The average Bonchev–Trinajstić information content (AvgIpc) is 2.12. The van der Waals surface area contributed by atoms with Gasteiger partial charge in [-0.1, -0.05) is 13.8 Å². The fourth-order valence-electron chi connectivity index (χ4n) is 1.63. The van der Waals surface area contributed by atoms with Gasteiger partial charge in [-0.05, 0) is 38.1 Å². The third kappa shape index (κ3) is 5.97. The number of nitrogens with one attached hydrogen (secondary N) is 1. The molecule has 0 aromatic rings. The second-order valence-electron chi connectivity index (χ2n) is 4.07. The van der Waals surface area contributed by atoms with Crippen molar-refractivity contribution in [1.29, 1.82) is 0 Å². The van der Waals surface area contributed by atoms with Gasteiger partial charge in [0, 0.05) is 13.0 Å². The van der Waals surface area contributed by atoms with Gasteiger partial charge in [0.15, 0.2) is 0 Å². The third-order valence-corrected chi connectivity index (χ3v) is 2.60. The SMILES string of the molecule is CCNC(=O)CCC(CCN)C(C)C. The van der Waals surface area contributed by atoms with E-state index < -0.39 is 0 Å². The molecule has 0 fully saturated rings. The number of rotatable bonds is 7. The fourth-order valence-corrected chi connectivity index (χ4v) is 1.63. The molecule has 3 N–H and O–H groups in total. The standard InChI is InChI=1S/C11H24N2O/c1-4-13-11(14)6-5-10(7-8-12)9(2)3/h9-10H,4-8,12H2,1-3H3,(H,13,14). The van der Waals surface area contributed by atoms with Crippen LogP contribution in [0.15, 0.2) is 0 Å². The lowest BCUT2D eigenvalue weighted by Crippen LogP contribution is -2.24. The van der Waals surface area contributed by atoms with Crippen LogP contribution in [0.3, 0.4) is 0 Å². The monoisotopic (exact) mass is 200 g/mol. The fraction of sp³-hybridized carbons (Fsp3) is 0.909. The van der Waals surface area contributed by atoms with E-state index in [2.05, 4.69) is 19.2 Å². The molecule has 1 unspecified atom stereocenters. The zero-order valence-corrected chi connectivity index (χ0v) is 9.68. The molecule has 0 heterocycles. The molecule has 0 spiro atoms. The van der Waals surface area contributed by atoms with E-state index in [-0.39, 0.29) is 5.91 Å². The molecule has 0 aliphatic rings. The first-order chi connectivity index (χ1) is 6.61. The molecule has 0 saturated heterocycles. The first kappa shape index (κ1) is 13.4. The quantitative estimate of drug-likeness (QED) is 0.654. The maximum atomic E-state index is 11.2. The summed E-state index contributed by atoms with van der Waals surface area (Å²) in [5, 5.41) is 2.81. The molecule has 0 aromatic heterocycles. The first-order valence-corrected chi connectivity index (χ1v) is 5.58. The Hall–Kier alpha value is -0.570. The molecule has 0 aliphatic carbocycles. The summed E-state index contributed by atoms with van der Waals surface area (Å²) in [6, 6.07) is 0. The van der Waals surface area contributed by atoms with E-state index in [4.69, 9.17) is 5.73 Å². The molecule has 0 aromatic carbocycles. The minimum absolute atomic E-state index is 0.162. The van der Waals surface area contributed by atoms with Gasteiger partial charge in [-0.2, -0.15) is 0 Å². The zero-order valence-electron chi connectivity index (χ0n) is 9.68. The van der Waals surface area contributed by atoms with Crippen LogP contribution in [-0.2, 0) is 4.79 Å². The molecule has 0 saturated carbocycles. The Kier molecular flexibility index (Phi) is 7.48.